The normalized spacial score (nSPS) is 13.8. The lowest BCUT2D eigenvalue weighted by Gasteiger charge is -2.31. The molecule has 0 saturated heterocycles. The number of hydrogen-bond acceptors (Lipinski definition) is 3. The Morgan fingerprint density at radius 3 is 2.52 bits per heavy atom. The van der Waals surface area contributed by atoms with Crippen molar-refractivity contribution in [1.29, 1.82) is 0 Å². The second-order valence-corrected chi connectivity index (χ2v) is 8.48. The van der Waals surface area contributed by atoms with E-state index in [1.807, 2.05) is 36.4 Å². The Bertz CT molecular complexity index is 1220. The molecular formula is C25H22Cl2N2O2. The van der Waals surface area contributed by atoms with Crippen LogP contribution in [0.2, 0.25) is 10.0 Å². The minimum absolute atomic E-state index is 0.0987. The SMILES string of the molecule is CCN(Cc1ccccc1)C(c1cc2cc(Cl)ccc2[nH]1)c1cc2c(cc1Cl)OCO2. The second-order valence-electron chi connectivity index (χ2n) is 7.63. The van der Waals surface area contributed by atoms with Gasteiger partial charge in [0.25, 0.3) is 0 Å². The van der Waals surface area contributed by atoms with Crippen LogP contribution in [0.3, 0.4) is 0 Å². The van der Waals surface area contributed by atoms with Gasteiger partial charge in [0.2, 0.25) is 6.79 Å². The van der Waals surface area contributed by atoms with Crippen LogP contribution in [0.1, 0.15) is 29.8 Å². The van der Waals surface area contributed by atoms with Gasteiger partial charge in [-0.3, -0.25) is 4.90 Å². The lowest BCUT2D eigenvalue weighted by atomic mass is 10.00. The predicted octanol–water partition coefficient (Wildman–Crippen LogP) is 6.81. The largest absolute Gasteiger partial charge is 0.454 e. The van der Waals surface area contributed by atoms with Gasteiger partial charge in [0, 0.05) is 39.3 Å². The molecule has 0 aliphatic carbocycles. The summed E-state index contributed by atoms with van der Waals surface area (Å²) in [5, 5.41) is 2.44. The Balaban J connectivity index is 1.64. The lowest BCUT2D eigenvalue weighted by molar-refractivity contribution is 0.173. The number of nitrogens with one attached hydrogen (secondary N) is 1. The topological polar surface area (TPSA) is 37.5 Å². The summed E-state index contributed by atoms with van der Waals surface area (Å²) < 4.78 is 11.2. The Morgan fingerprint density at radius 2 is 1.74 bits per heavy atom. The van der Waals surface area contributed by atoms with Gasteiger partial charge in [0.15, 0.2) is 11.5 Å². The van der Waals surface area contributed by atoms with Gasteiger partial charge in [-0.1, -0.05) is 60.5 Å². The Hall–Kier alpha value is -2.66. The van der Waals surface area contributed by atoms with Gasteiger partial charge >= 0.3 is 0 Å². The number of nitrogens with zero attached hydrogens (tertiary/aromatic N) is 1. The van der Waals surface area contributed by atoms with Crippen molar-refractivity contribution >= 4 is 34.1 Å². The van der Waals surface area contributed by atoms with Gasteiger partial charge in [-0.25, -0.2) is 0 Å². The first-order valence-corrected chi connectivity index (χ1v) is 11.0. The number of halogens is 2. The number of ether oxygens (including phenoxy) is 2. The van der Waals surface area contributed by atoms with Gasteiger partial charge in [-0.2, -0.15) is 0 Å². The van der Waals surface area contributed by atoms with E-state index in [2.05, 4.69) is 47.1 Å². The van der Waals surface area contributed by atoms with Crippen LogP contribution in [0.25, 0.3) is 10.9 Å². The molecular weight excluding hydrogens is 431 g/mol. The van der Waals surface area contributed by atoms with E-state index >= 15 is 0 Å². The van der Waals surface area contributed by atoms with E-state index < -0.39 is 0 Å². The summed E-state index contributed by atoms with van der Waals surface area (Å²) in [6.07, 6.45) is 0. The molecule has 3 aromatic carbocycles. The van der Waals surface area contributed by atoms with Crippen LogP contribution in [-0.4, -0.2) is 23.2 Å². The summed E-state index contributed by atoms with van der Waals surface area (Å²) in [6, 6.07) is 22.2. The van der Waals surface area contributed by atoms with E-state index in [1.54, 1.807) is 0 Å². The third-order valence-electron chi connectivity index (χ3n) is 5.68. The monoisotopic (exact) mass is 452 g/mol. The van der Waals surface area contributed by atoms with Gasteiger partial charge < -0.3 is 14.5 Å². The van der Waals surface area contributed by atoms with Gasteiger partial charge in [0.05, 0.1) is 6.04 Å². The fourth-order valence-electron chi connectivity index (χ4n) is 4.18. The Morgan fingerprint density at radius 1 is 0.968 bits per heavy atom. The highest BCUT2D eigenvalue weighted by atomic mass is 35.5. The van der Waals surface area contributed by atoms with Crippen LogP contribution in [0.15, 0.2) is 66.7 Å². The Kier molecular flexibility index (Phi) is 5.53. The van der Waals surface area contributed by atoms with Gasteiger partial charge in [-0.05, 0) is 48.0 Å². The quantitative estimate of drug-likeness (QED) is 0.348. The Labute approximate surface area is 191 Å². The van der Waals surface area contributed by atoms with Crippen molar-refractivity contribution < 1.29 is 9.47 Å². The number of aromatic nitrogens is 1. The van der Waals surface area contributed by atoms with E-state index in [-0.39, 0.29) is 12.8 Å². The van der Waals surface area contributed by atoms with Crippen LogP contribution in [-0.2, 0) is 6.54 Å². The molecule has 0 bridgehead atoms. The van der Waals surface area contributed by atoms with Crippen LogP contribution in [0.4, 0.5) is 0 Å². The minimum Gasteiger partial charge on any atom is -0.454 e. The number of H-pyrrole nitrogens is 1. The molecule has 0 fully saturated rings. The highest BCUT2D eigenvalue weighted by Crippen LogP contribution is 2.43. The van der Waals surface area contributed by atoms with Crippen molar-refractivity contribution in [3.63, 3.8) is 0 Å². The molecule has 1 aliphatic heterocycles. The summed E-state index contributed by atoms with van der Waals surface area (Å²) in [4.78, 5) is 5.98. The molecule has 1 atom stereocenters. The zero-order valence-electron chi connectivity index (χ0n) is 17.1. The van der Waals surface area contributed by atoms with Crippen molar-refractivity contribution in [3.8, 4) is 11.5 Å². The van der Waals surface area contributed by atoms with Crippen LogP contribution in [0.5, 0.6) is 11.5 Å². The van der Waals surface area contributed by atoms with Crippen molar-refractivity contribution in [3.05, 3.63) is 93.6 Å². The number of fused-ring (bicyclic) bond motifs is 2. The highest BCUT2D eigenvalue weighted by molar-refractivity contribution is 6.32. The van der Waals surface area contributed by atoms with E-state index in [0.717, 1.165) is 41.0 Å². The maximum absolute atomic E-state index is 6.78. The fourth-order valence-corrected chi connectivity index (χ4v) is 4.62. The number of hydrogen-bond donors (Lipinski definition) is 1. The van der Waals surface area contributed by atoms with E-state index in [9.17, 15) is 0 Å². The summed E-state index contributed by atoms with van der Waals surface area (Å²) in [6.45, 7) is 3.99. The smallest absolute Gasteiger partial charge is 0.231 e. The van der Waals surface area contributed by atoms with Gasteiger partial charge in [-0.15, -0.1) is 0 Å². The average molecular weight is 453 g/mol. The van der Waals surface area contributed by atoms with E-state index in [1.165, 1.54) is 5.56 Å². The third kappa shape index (κ3) is 3.99. The lowest BCUT2D eigenvalue weighted by Crippen LogP contribution is -2.29. The van der Waals surface area contributed by atoms with Crippen molar-refractivity contribution in [1.82, 2.24) is 9.88 Å². The molecule has 4 nitrogen and oxygen atoms in total. The molecule has 0 spiro atoms. The average Bonchev–Trinajstić information content (AvgIpc) is 3.40. The molecule has 5 rings (SSSR count). The van der Waals surface area contributed by atoms with E-state index in [0.29, 0.717) is 15.8 Å². The summed E-state index contributed by atoms with van der Waals surface area (Å²) in [5.74, 6) is 1.40. The van der Waals surface area contributed by atoms with Crippen molar-refractivity contribution in [2.24, 2.45) is 0 Å². The molecule has 1 aromatic heterocycles. The molecule has 0 saturated carbocycles. The molecule has 1 aliphatic rings. The highest BCUT2D eigenvalue weighted by Gasteiger charge is 2.28. The fraction of sp³-hybridized carbons (Fsp3) is 0.200. The summed E-state index contributed by atoms with van der Waals surface area (Å²) >= 11 is 13.0. The molecule has 2 heterocycles. The third-order valence-corrected chi connectivity index (χ3v) is 6.25. The first-order chi connectivity index (χ1) is 15.1. The summed E-state index contributed by atoms with van der Waals surface area (Å²) in [5.41, 5.74) is 4.31. The van der Waals surface area contributed by atoms with Crippen LogP contribution < -0.4 is 9.47 Å². The van der Waals surface area contributed by atoms with Gasteiger partial charge in [0.1, 0.15) is 0 Å². The number of benzene rings is 3. The molecule has 4 aromatic rings. The molecule has 0 amide bonds. The maximum Gasteiger partial charge on any atom is 0.231 e. The zero-order chi connectivity index (χ0) is 21.4. The molecule has 6 heteroatoms. The number of aromatic amines is 1. The standard InChI is InChI=1S/C25H22Cl2N2O2/c1-2-29(14-16-6-4-3-5-7-16)25(19-12-23-24(13-20(19)27)31-15-30-23)22-11-17-10-18(26)8-9-21(17)28-22/h3-13,25,28H,2,14-15H2,1H3. The molecule has 0 radical (unpaired) electrons. The molecule has 1 unspecified atom stereocenters. The molecule has 158 valence electrons. The number of rotatable bonds is 6. The van der Waals surface area contributed by atoms with Crippen molar-refractivity contribution in [2.75, 3.05) is 13.3 Å². The second kappa shape index (κ2) is 8.46. The zero-order valence-corrected chi connectivity index (χ0v) is 18.6. The minimum atomic E-state index is -0.0987. The molecule has 31 heavy (non-hydrogen) atoms. The first-order valence-electron chi connectivity index (χ1n) is 10.3. The maximum atomic E-state index is 6.78. The van der Waals surface area contributed by atoms with E-state index in [4.69, 9.17) is 32.7 Å². The van der Waals surface area contributed by atoms with Crippen LogP contribution >= 0.6 is 23.2 Å². The summed E-state index contributed by atoms with van der Waals surface area (Å²) in [7, 11) is 0. The van der Waals surface area contributed by atoms with Crippen LogP contribution in [0, 0.1) is 0 Å². The molecule has 1 N–H and O–H groups in total. The first kappa shape index (κ1) is 20.3. The predicted molar refractivity (Wildman–Crippen MR) is 125 cm³/mol. The van der Waals surface area contributed by atoms with Crippen molar-refractivity contribution in [2.45, 2.75) is 19.5 Å².